The summed E-state index contributed by atoms with van der Waals surface area (Å²) in [5.74, 6) is 1.36. The first kappa shape index (κ1) is 36.5. The van der Waals surface area contributed by atoms with Crippen LogP contribution in [-0.2, 0) is 0 Å². The number of aromatic nitrogens is 4. The van der Waals surface area contributed by atoms with Crippen molar-refractivity contribution in [2.75, 3.05) is 0 Å². The highest BCUT2D eigenvalue weighted by molar-refractivity contribution is 8.34. The summed E-state index contributed by atoms with van der Waals surface area (Å²) in [5, 5.41) is 6.74. The average Bonchev–Trinajstić information content (AvgIpc) is 4.04. The van der Waals surface area contributed by atoms with E-state index >= 15 is 0 Å². The van der Waals surface area contributed by atoms with Crippen molar-refractivity contribution < 1.29 is 4.42 Å². The fourth-order valence-corrected chi connectivity index (χ4v) is 14.0. The SMILES string of the molecule is c1ccc(S(c2ccccc2)(c2ccccc2)c2cccc3c2oc2c(-c4cc(-n5c6ccccc6c6ccccc65)nc(-n5c6ccccc6c6ccccc65)n4)cccc23)cc1. The van der Waals surface area contributed by atoms with Crippen molar-refractivity contribution in [2.45, 2.75) is 19.6 Å². The van der Waals surface area contributed by atoms with E-state index in [1.165, 1.54) is 25.5 Å². The number of fused-ring (bicyclic) bond motifs is 9. The Labute approximate surface area is 370 Å². The number of benzene rings is 9. The second-order valence-corrected chi connectivity index (χ2v) is 19.2. The summed E-state index contributed by atoms with van der Waals surface area (Å²) in [4.78, 5) is 15.9. The molecule has 0 spiro atoms. The van der Waals surface area contributed by atoms with E-state index in [4.69, 9.17) is 14.4 Å². The molecule has 0 atom stereocenters. The molecule has 6 heteroatoms. The fourth-order valence-electron chi connectivity index (χ4n) is 9.98. The van der Waals surface area contributed by atoms with Gasteiger partial charge >= 0.3 is 0 Å². The van der Waals surface area contributed by atoms with Crippen LogP contribution in [0.4, 0.5) is 0 Å². The van der Waals surface area contributed by atoms with Crippen molar-refractivity contribution in [1.29, 1.82) is 0 Å². The van der Waals surface area contributed by atoms with Crippen molar-refractivity contribution in [3.8, 4) is 23.0 Å². The second kappa shape index (κ2) is 14.4. The predicted octanol–water partition coefficient (Wildman–Crippen LogP) is 15.6. The molecule has 0 N–H and O–H groups in total. The number of hydrogen-bond donors (Lipinski definition) is 0. The van der Waals surface area contributed by atoms with Gasteiger partial charge in [0.1, 0.15) is 17.0 Å². The molecule has 0 amide bonds. The Kier molecular flexibility index (Phi) is 8.23. The number of furan rings is 1. The zero-order valence-corrected chi connectivity index (χ0v) is 35.4. The maximum atomic E-state index is 7.43. The predicted molar refractivity (Wildman–Crippen MR) is 263 cm³/mol. The van der Waals surface area contributed by atoms with Crippen molar-refractivity contribution in [3.05, 3.63) is 231 Å². The van der Waals surface area contributed by atoms with Crippen molar-refractivity contribution in [2.24, 2.45) is 0 Å². The first-order chi connectivity index (χ1) is 31.8. The molecule has 0 unspecified atom stereocenters. The van der Waals surface area contributed by atoms with Crippen LogP contribution in [0.1, 0.15) is 0 Å². The van der Waals surface area contributed by atoms with Gasteiger partial charge in [0.25, 0.3) is 0 Å². The first-order valence-corrected chi connectivity index (χ1v) is 23.2. The van der Waals surface area contributed by atoms with Gasteiger partial charge in [0.2, 0.25) is 5.95 Å². The lowest BCUT2D eigenvalue weighted by molar-refractivity contribution is 0.660. The molecule has 0 aliphatic heterocycles. The highest BCUT2D eigenvalue weighted by atomic mass is 32.3. The lowest BCUT2D eigenvalue weighted by Gasteiger charge is -2.41. The minimum atomic E-state index is -2.04. The van der Waals surface area contributed by atoms with Crippen LogP contribution >= 0.6 is 10.0 Å². The summed E-state index contributed by atoms with van der Waals surface area (Å²) in [6, 6.07) is 82.3. The van der Waals surface area contributed by atoms with E-state index in [2.05, 4.69) is 240 Å². The van der Waals surface area contributed by atoms with Crippen LogP contribution in [0.3, 0.4) is 0 Å². The standard InChI is InChI=1S/C58H38N4OS/c1-4-20-39(21-5-1)64(40-22-6-2-7-23-40,41-24-8-3-9-25-41)54-37-19-31-47-46-30-18-32-48(56(46)63-57(47)54)49-38-55(61-50-33-14-10-26-42(50)43-27-11-15-34-51(43)61)60-58(59-49)62-52-35-16-12-28-44(52)45-29-13-17-36-53(45)62/h1-38H. The van der Waals surface area contributed by atoms with Crippen LogP contribution in [0.2, 0.25) is 0 Å². The van der Waals surface area contributed by atoms with Crippen LogP contribution in [-0.4, -0.2) is 19.1 Å². The fraction of sp³-hybridized carbons (Fsp3) is 0. The molecule has 0 aliphatic carbocycles. The average molecular weight is 839 g/mol. The first-order valence-electron chi connectivity index (χ1n) is 21.6. The minimum Gasteiger partial charge on any atom is -0.454 e. The van der Waals surface area contributed by atoms with Crippen LogP contribution in [0.15, 0.2) is 255 Å². The molecular formula is C58H38N4OS. The van der Waals surface area contributed by atoms with Crippen molar-refractivity contribution >= 4 is 75.6 Å². The Bertz CT molecular complexity index is 3570. The quantitative estimate of drug-likeness (QED) is 0.161. The second-order valence-electron chi connectivity index (χ2n) is 16.1. The summed E-state index contributed by atoms with van der Waals surface area (Å²) in [6.45, 7) is 0. The van der Waals surface area contributed by atoms with Gasteiger partial charge in [0.05, 0.1) is 27.8 Å². The molecule has 4 aromatic heterocycles. The Balaban J connectivity index is 1.13. The Morgan fingerprint density at radius 1 is 0.344 bits per heavy atom. The number of rotatable bonds is 7. The maximum Gasteiger partial charge on any atom is 0.237 e. The Hall–Kier alpha value is -8.19. The molecular weight excluding hydrogens is 801 g/mol. The Morgan fingerprint density at radius 3 is 1.25 bits per heavy atom. The summed E-state index contributed by atoms with van der Waals surface area (Å²) < 4.78 is 11.9. The van der Waals surface area contributed by atoms with Crippen LogP contribution < -0.4 is 0 Å². The van der Waals surface area contributed by atoms with E-state index in [-0.39, 0.29) is 0 Å². The van der Waals surface area contributed by atoms with Gasteiger partial charge in [-0.05, 0) is 72.8 Å². The molecule has 5 nitrogen and oxygen atoms in total. The zero-order chi connectivity index (χ0) is 42.2. The van der Waals surface area contributed by atoms with E-state index in [9.17, 15) is 0 Å². The van der Waals surface area contributed by atoms with E-state index in [1.54, 1.807) is 0 Å². The van der Waals surface area contributed by atoms with Gasteiger partial charge < -0.3 is 4.42 Å². The molecule has 13 aromatic rings. The molecule has 0 aliphatic rings. The third kappa shape index (κ3) is 5.33. The normalized spacial score (nSPS) is 12.3. The van der Waals surface area contributed by atoms with Gasteiger partial charge in [-0.15, -0.1) is 10.0 Å². The van der Waals surface area contributed by atoms with Gasteiger partial charge in [-0.1, -0.05) is 152 Å². The van der Waals surface area contributed by atoms with E-state index in [1.807, 2.05) is 0 Å². The smallest absolute Gasteiger partial charge is 0.237 e. The van der Waals surface area contributed by atoms with Crippen molar-refractivity contribution in [1.82, 2.24) is 19.1 Å². The lowest BCUT2D eigenvalue weighted by atomic mass is 10.1. The third-order valence-electron chi connectivity index (χ3n) is 12.7. The lowest BCUT2D eigenvalue weighted by Crippen LogP contribution is -2.07. The van der Waals surface area contributed by atoms with E-state index < -0.39 is 10.0 Å². The molecule has 9 aromatic carbocycles. The number of hydrogen-bond acceptors (Lipinski definition) is 3. The topological polar surface area (TPSA) is 48.8 Å². The monoisotopic (exact) mass is 838 g/mol. The Morgan fingerprint density at radius 2 is 0.750 bits per heavy atom. The molecule has 64 heavy (non-hydrogen) atoms. The van der Waals surface area contributed by atoms with Gasteiger partial charge in [0.15, 0.2) is 0 Å². The van der Waals surface area contributed by atoms with Crippen molar-refractivity contribution in [3.63, 3.8) is 0 Å². The van der Waals surface area contributed by atoms with Gasteiger partial charge in [0, 0.05) is 63.5 Å². The summed E-state index contributed by atoms with van der Waals surface area (Å²) in [5.41, 5.74) is 7.56. The van der Waals surface area contributed by atoms with Gasteiger partial charge in [-0.3, -0.25) is 9.13 Å². The minimum absolute atomic E-state index is 0.584. The van der Waals surface area contributed by atoms with E-state index in [0.717, 1.165) is 76.7 Å². The molecule has 0 saturated carbocycles. The van der Waals surface area contributed by atoms with Crippen LogP contribution in [0, 0.1) is 0 Å². The van der Waals surface area contributed by atoms with Crippen LogP contribution in [0.5, 0.6) is 0 Å². The zero-order valence-electron chi connectivity index (χ0n) is 34.5. The van der Waals surface area contributed by atoms with Crippen LogP contribution in [0.25, 0.3) is 88.6 Å². The molecule has 0 radical (unpaired) electrons. The molecule has 0 bridgehead atoms. The molecule has 302 valence electrons. The van der Waals surface area contributed by atoms with Gasteiger partial charge in [-0.2, -0.15) is 4.98 Å². The largest absolute Gasteiger partial charge is 0.454 e. The molecule has 4 heterocycles. The summed E-state index contributed by atoms with van der Waals surface area (Å²) >= 11 is 0. The molecule has 0 saturated heterocycles. The van der Waals surface area contributed by atoms with Gasteiger partial charge in [-0.25, -0.2) is 4.98 Å². The third-order valence-corrected chi connectivity index (χ3v) is 16.6. The summed E-state index contributed by atoms with van der Waals surface area (Å²) in [6.07, 6.45) is 0. The summed E-state index contributed by atoms with van der Waals surface area (Å²) in [7, 11) is -2.04. The maximum absolute atomic E-state index is 7.43. The van der Waals surface area contributed by atoms with E-state index in [0.29, 0.717) is 5.95 Å². The highest BCUT2D eigenvalue weighted by Gasteiger charge is 2.36. The number of para-hydroxylation sites is 6. The highest BCUT2D eigenvalue weighted by Crippen LogP contribution is 2.74. The number of nitrogens with zero attached hydrogens (tertiary/aromatic N) is 4. The molecule has 0 fully saturated rings. The molecule has 13 rings (SSSR count).